The number of aliphatic carboxylic acids is 1. The van der Waals surface area contributed by atoms with Crippen molar-refractivity contribution in [3.05, 3.63) is 59.7 Å². The minimum atomic E-state index is -0.951. The SMILES string of the molecule is COc1ccc(C2OC2C(=O)O)cc1OCc1ccccc1. The highest BCUT2D eigenvalue weighted by molar-refractivity contribution is 5.76. The van der Waals surface area contributed by atoms with Crippen LogP contribution in [0.15, 0.2) is 48.5 Å². The Labute approximate surface area is 128 Å². The van der Waals surface area contributed by atoms with Crippen LogP contribution >= 0.6 is 0 Å². The lowest BCUT2D eigenvalue weighted by atomic mass is 10.1. The first-order chi connectivity index (χ1) is 10.7. The number of carbonyl (C=O) groups is 1. The Hall–Kier alpha value is -2.53. The van der Waals surface area contributed by atoms with Gasteiger partial charge in [-0.1, -0.05) is 36.4 Å². The summed E-state index contributed by atoms with van der Waals surface area (Å²) in [6.45, 7) is 0.411. The van der Waals surface area contributed by atoms with Gasteiger partial charge in [0.1, 0.15) is 12.7 Å². The zero-order chi connectivity index (χ0) is 15.5. The second kappa shape index (κ2) is 6.07. The quantitative estimate of drug-likeness (QED) is 0.831. The number of benzene rings is 2. The van der Waals surface area contributed by atoms with Crippen LogP contribution in [0.4, 0.5) is 0 Å². The number of epoxide rings is 1. The maximum Gasteiger partial charge on any atom is 0.335 e. The van der Waals surface area contributed by atoms with Crippen LogP contribution < -0.4 is 9.47 Å². The van der Waals surface area contributed by atoms with Crippen molar-refractivity contribution in [1.29, 1.82) is 0 Å². The average molecular weight is 300 g/mol. The highest BCUT2D eigenvalue weighted by Gasteiger charge is 2.46. The second-order valence-corrected chi connectivity index (χ2v) is 5.00. The summed E-state index contributed by atoms with van der Waals surface area (Å²) in [7, 11) is 1.57. The first-order valence-corrected chi connectivity index (χ1v) is 6.92. The third-order valence-electron chi connectivity index (χ3n) is 3.49. The Balaban J connectivity index is 1.75. The summed E-state index contributed by atoms with van der Waals surface area (Å²) in [6, 6.07) is 15.1. The van der Waals surface area contributed by atoms with Gasteiger partial charge in [0.05, 0.1) is 7.11 Å². The highest BCUT2D eigenvalue weighted by Crippen LogP contribution is 2.42. The van der Waals surface area contributed by atoms with Crippen LogP contribution in [0.25, 0.3) is 0 Å². The van der Waals surface area contributed by atoms with Gasteiger partial charge >= 0.3 is 5.97 Å². The monoisotopic (exact) mass is 300 g/mol. The molecule has 1 heterocycles. The lowest BCUT2D eigenvalue weighted by molar-refractivity contribution is -0.138. The van der Waals surface area contributed by atoms with Crippen molar-refractivity contribution in [3.63, 3.8) is 0 Å². The third-order valence-corrected chi connectivity index (χ3v) is 3.49. The van der Waals surface area contributed by atoms with Gasteiger partial charge in [0, 0.05) is 0 Å². The van der Waals surface area contributed by atoms with E-state index >= 15 is 0 Å². The molecule has 0 spiro atoms. The van der Waals surface area contributed by atoms with Gasteiger partial charge in [0.25, 0.3) is 0 Å². The van der Waals surface area contributed by atoms with Crippen molar-refractivity contribution < 1.29 is 24.1 Å². The largest absolute Gasteiger partial charge is 0.493 e. The molecule has 1 saturated heterocycles. The van der Waals surface area contributed by atoms with Crippen LogP contribution in [0.5, 0.6) is 11.5 Å². The van der Waals surface area contributed by atoms with Crippen molar-refractivity contribution in [2.45, 2.75) is 18.8 Å². The van der Waals surface area contributed by atoms with E-state index in [-0.39, 0.29) is 0 Å². The predicted molar refractivity (Wildman–Crippen MR) is 79.0 cm³/mol. The summed E-state index contributed by atoms with van der Waals surface area (Å²) < 4.78 is 16.2. The summed E-state index contributed by atoms with van der Waals surface area (Å²) in [5, 5.41) is 8.93. The van der Waals surface area contributed by atoms with Crippen LogP contribution in [0.2, 0.25) is 0 Å². The number of hydrogen-bond acceptors (Lipinski definition) is 4. The maximum absolute atomic E-state index is 10.9. The van der Waals surface area contributed by atoms with Crippen LogP contribution in [-0.4, -0.2) is 24.3 Å². The van der Waals surface area contributed by atoms with E-state index < -0.39 is 18.2 Å². The molecule has 2 aromatic carbocycles. The van der Waals surface area contributed by atoms with E-state index in [1.54, 1.807) is 25.3 Å². The minimum Gasteiger partial charge on any atom is -0.493 e. The summed E-state index contributed by atoms with van der Waals surface area (Å²) in [5.41, 5.74) is 1.82. The van der Waals surface area contributed by atoms with Crippen LogP contribution in [0.3, 0.4) is 0 Å². The summed E-state index contributed by atoms with van der Waals surface area (Å²) in [4.78, 5) is 10.9. The third kappa shape index (κ3) is 3.04. The van der Waals surface area contributed by atoms with E-state index in [1.807, 2.05) is 30.3 Å². The Bertz CT molecular complexity index is 668. The summed E-state index contributed by atoms with van der Waals surface area (Å²) in [5.74, 6) is 0.225. The highest BCUT2D eigenvalue weighted by atomic mass is 16.6. The zero-order valence-corrected chi connectivity index (χ0v) is 12.1. The van der Waals surface area contributed by atoms with Gasteiger partial charge in [-0.2, -0.15) is 0 Å². The fourth-order valence-electron chi connectivity index (χ4n) is 2.27. The molecule has 5 heteroatoms. The molecular weight excluding hydrogens is 284 g/mol. The molecule has 0 bridgehead atoms. The molecule has 0 amide bonds. The van der Waals surface area contributed by atoms with Gasteiger partial charge in [-0.25, -0.2) is 4.79 Å². The molecule has 0 radical (unpaired) electrons. The average Bonchev–Trinajstić information content (AvgIpc) is 3.34. The Morgan fingerprint density at radius 3 is 2.59 bits per heavy atom. The lowest BCUT2D eigenvalue weighted by Crippen LogP contribution is -2.05. The van der Waals surface area contributed by atoms with E-state index in [4.69, 9.17) is 19.3 Å². The van der Waals surface area contributed by atoms with E-state index in [0.717, 1.165) is 11.1 Å². The molecule has 2 unspecified atom stereocenters. The van der Waals surface area contributed by atoms with Crippen LogP contribution in [-0.2, 0) is 16.1 Å². The van der Waals surface area contributed by atoms with Gasteiger partial charge in [0.15, 0.2) is 17.6 Å². The molecule has 1 aliphatic rings. The molecule has 1 N–H and O–H groups in total. The fourth-order valence-corrected chi connectivity index (χ4v) is 2.27. The number of hydrogen-bond donors (Lipinski definition) is 1. The molecule has 2 aromatic rings. The number of carboxylic acid groups (broad SMARTS) is 1. The second-order valence-electron chi connectivity index (χ2n) is 5.00. The normalized spacial score (nSPS) is 19.5. The maximum atomic E-state index is 10.9. The van der Waals surface area contributed by atoms with Crippen molar-refractivity contribution in [3.8, 4) is 11.5 Å². The van der Waals surface area contributed by atoms with Crippen molar-refractivity contribution in [2.75, 3.05) is 7.11 Å². The Morgan fingerprint density at radius 2 is 1.95 bits per heavy atom. The predicted octanol–water partition coefficient (Wildman–Crippen LogP) is 2.80. The van der Waals surface area contributed by atoms with Crippen molar-refractivity contribution >= 4 is 5.97 Å². The molecule has 0 saturated carbocycles. The molecule has 1 fully saturated rings. The number of methoxy groups -OCH3 is 1. The van der Waals surface area contributed by atoms with Crippen LogP contribution in [0.1, 0.15) is 17.2 Å². The molecule has 3 rings (SSSR count). The lowest BCUT2D eigenvalue weighted by Gasteiger charge is -2.12. The summed E-state index contributed by atoms with van der Waals surface area (Å²) >= 11 is 0. The van der Waals surface area contributed by atoms with Gasteiger partial charge in [-0.05, 0) is 23.3 Å². The van der Waals surface area contributed by atoms with Crippen molar-refractivity contribution in [1.82, 2.24) is 0 Å². The minimum absolute atomic E-state index is 0.411. The van der Waals surface area contributed by atoms with E-state index in [0.29, 0.717) is 18.1 Å². The number of rotatable bonds is 6. The van der Waals surface area contributed by atoms with E-state index in [1.165, 1.54) is 0 Å². The molecule has 0 aliphatic carbocycles. The van der Waals surface area contributed by atoms with E-state index in [2.05, 4.69) is 0 Å². The van der Waals surface area contributed by atoms with Gasteiger partial charge < -0.3 is 19.3 Å². The molecule has 22 heavy (non-hydrogen) atoms. The number of ether oxygens (including phenoxy) is 3. The first kappa shape index (κ1) is 14.4. The molecule has 114 valence electrons. The standard InChI is InChI=1S/C17H16O5/c1-20-13-8-7-12(15-16(22-15)17(18)19)9-14(13)21-10-11-5-3-2-4-6-11/h2-9,15-16H,10H2,1H3,(H,18,19). The van der Waals surface area contributed by atoms with E-state index in [9.17, 15) is 4.79 Å². The Morgan fingerprint density at radius 1 is 1.18 bits per heavy atom. The molecule has 2 atom stereocenters. The Kier molecular flexibility index (Phi) is 3.98. The van der Waals surface area contributed by atoms with Crippen molar-refractivity contribution in [2.24, 2.45) is 0 Å². The molecule has 1 aliphatic heterocycles. The van der Waals surface area contributed by atoms with Gasteiger partial charge in [-0.15, -0.1) is 0 Å². The number of carboxylic acids is 1. The summed E-state index contributed by atoms with van der Waals surface area (Å²) in [6.07, 6.45) is -1.18. The topological polar surface area (TPSA) is 68.3 Å². The zero-order valence-electron chi connectivity index (χ0n) is 12.1. The molecule has 5 nitrogen and oxygen atoms in total. The molecule has 0 aromatic heterocycles. The smallest absolute Gasteiger partial charge is 0.335 e. The van der Waals surface area contributed by atoms with Gasteiger partial charge in [-0.3, -0.25) is 0 Å². The van der Waals surface area contributed by atoms with Crippen LogP contribution in [0, 0.1) is 0 Å². The van der Waals surface area contributed by atoms with Gasteiger partial charge in [0.2, 0.25) is 0 Å². The fraction of sp³-hybridized carbons (Fsp3) is 0.235. The first-order valence-electron chi connectivity index (χ1n) is 6.92. The molecular formula is C17H16O5.